The molecule has 0 radical (unpaired) electrons. The molecule has 0 bridgehead atoms. The van der Waals surface area contributed by atoms with Crippen molar-refractivity contribution >= 4 is 39.0 Å². The lowest BCUT2D eigenvalue weighted by molar-refractivity contribution is -0.115. The number of carbonyl (C=O) groups excluding carboxylic acids is 1. The molecular formula is C13H17ClN4O3S. The first kappa shape index (κ1) is 18.1. The summed E-state index contributed by atoms with van der Waals surface area (Å²) in [5, 5.41) is 3.10. The van der Waals surface area contributed by atoms with Gasteiger partial charge in [-0.05, 0) is 30.7 Å². The van der Waals surface area contributed by atoms with Crippen LogP contribution in [0.2, 0.25) is 0 Å². The number of hydrogen-bond donors (Lipinski definition) is 3. The lowest BCUT2D eigenvalue weighted by Gasteiger charge is -2.05. The largest absolute Gasteiger partial charge is 0.374 e. The van der Waals surface area contributed by atoms with Gasteiger partial charge in [0, 0.05) is 5.69 Å². The number of aliphatic imine (C=N–C) groups is 1. The minimum absolute atomic E-state index is 0. The average molecular weight is 345 g/mol. The van der Waals surface area contributed by atoms with Crippen LogP contribution in [0.25, 0.3) is 0 Å². The Morgan fingerprint density at radius 3 is 2.36 bits per heavy atom. The minimum atomic E-state index is -3.63. The molecule has 0 saturated carbocycles. The van der Waals surface area contributed by atoms with Gasteiger partial charge >= 0.3 is 0 Å². The molecule has 1 aromatic rings. The first-order valence-electron chi connectivity index (χ1n) is 6.29. The van der Waals surface area contributed by atoms with Gasteiger partial charge in [0.05, 0.1) is 17.5 Å². The fourth-order valence-corrected chi connectivity index (χ4v) is 2.70. The van der Waals surface area contributed by atoms with Crippen LogP contribution in [0.1, 0.15) is 12.0 Å². The van der Waals surface area contributed by atoms with Crippen molar-refractivity contribution in [3.63, 3.8) is 0 Å². The van der Waals surface area contributed by atoms with Crippen LogP contribution < -0.4 is 16.8 Å². The molecule has 9 heteroatoms. The number of nitrogens with two attached hydrogens (primary N) is 2. The van der Waals surface area contributed by atoms with Crippen LogP contribution in [-0.4, -0.2) is 26.0 Å². The van der Waals surface area contributed by atoms with E-state index >= 15 is 0 Å². The van der Waals surface area contributed by atoms with E-state index in [4.69, 9.17) is 11.5 Å². The van der Waals surface area contributed by atoms with Gasteiger partial charge in [-0.2, -0.15) is 0 Å². The number of amidine groups is 1. The quantitative estimate of drug-likeness (QED) is 0.717. The predicted octanol–water partition coefficient (Wildman–Crippen LogP) is 0.523. The van der Waals surface area contributed by atoms with E-state index in [2.05, 4.69) is 10.3 Å². The summed E-state index contributed by atoms with van der Waals surface area (Å²) in [6.07, 6.45) is 0.622. The molecule has 0 fully saturated rings. The second-order valence-electron chi connectivity index (χ2n) is 4.56. The highest BCUT2D eigenvalue weighted by molar-refractivity contribution is 8.09. The number of hydrogen-bond acceptors (Lipinski definition) is 6. The summed E-state index contributed by atoms with van der Waals surface area (Å²) in [5.74, 6) is -0.360. The molecule has 1 amide bonds. The molecule has 1 aliphatic rings. The van der Waals surface area contributed by atoms with Crippen LogP contribution in [0, 0.1) is 0 Å². The number of anilines is 1. The first-order valence-corrected chi connectivity index (χ1v) is 7.84. The maximum Gasteiger partial charge on any atom is 0.234 e. The van der Waals surface area contributed by atoms with E-state index in [1.807, 2.05) is 12.1 Å². The van der Waals surface area contributed by atoms with Crippen molar-refractivity contribution in [2.45, 2.75) is 12.8 Å². The van der Waals surface area contributed by atoms with Crippen molar-refractivity contribution in [3.05, 3.63) is 40.9 Å². The third-order valence-electron chi connectivity index (χ3n) is 2.85. The van der Waals surface area contributed by atoms with Crippen LogP contribution in [0.15, 0.2) is 40.4 Å². The Hall–Kier alpha value is -1.90. The van der Waals surface area contributed by atoms with Crippen molar-refractivity contribution in [1.82, 2.24) is 0 Å². The van der Waals surface area contributed by atoms with E-state index in [0.717, 1.165) is 17.4 Å². The molecular weight excluding hydrogens is 328 g/mol. The maximum absolute atomic E-state index is 11.8. The zero-order chi connectivity index (χ0) is 15.5. The van der Waals surface area contributed by atoms with Gasteiger partial charge in [-0.25, -0.2) is 13.4 Å². The molecule has 0 unspecified atom stereocenters. The molecule has 5 N–H and O–H groups in total. The minimum Gasteiger partial charge on any atom is -0.374 e. The average Bonchev–Trinajstić information content (AvgIpc) is 2.65. The number of carbonyl (C=O) groups is 1. The standard InChI is InChI=1S/C13H16N4O3S.ClH/c14-6-5-9-1-3-10(4-2-9)16-12(18)7-11-8-21(19,20)13(15)17-11;/h1-4,8H,5-7,14H2,(H2,15,17)(H,16,18);1H. The summed E-state index contributed by atoms with van der Waals surface area (Å²) >= 11 is 0. The van der Waals surface area contributed by atoms with Crippen molar-refractivity contribution in [3.8, 4) is 0 Å². The monoisotopic (exact) mass is 344 g/mol. The summed E-state index contributed by atoms with van der Waals surface area (Å²) in [7, 11) is -3.63. The maximum atomic E-state index is 11.8. The zero-order valence-corrected chi connectivity index (χ0v) is 13.3. The number of nitrogens with zero attached hydrogens (tertiary/aromatic N) is 1. The van der Waals surface area contributed by atoms with E-state index < -0.39 is 15.0 Å². The van der Waals surface area contributed by atoms with Crippen molar-refractivity contribution < 1.29 is 13.2 Å². The summed E-state index contributed by atoms with van der Waals surface area (Å²) < 4.78 is 22.7. The smallest absolute Gasteiger partial charge is 0.234 e. The summed E-state index contributed by atoms with van der Waals surface area (Å²) in [4.78, 5) is 15.5. The van der Waals surface area contributed by atoms with Crippen molar-refractivity contribution in [2.24, 2.45) is 16.5 Å². The highest BCUT2D eigenvalue weighted by Gasteiger charge is 2.23. The topological polar surface area (TPSA) is 128 Å². The van der Waals surface area contributed by atoms with Crippen LogP contribution in [-0.2, 0) is 21.1 Å². The van der Waals surface area contributed by atoms with Crippen molar-refractivity contribution in [1.29, 1.82) is 0 Å². The fraction of sp³-hybridized carbons (Fsp3) is 0.231. The molecule has 0 spiro atoms. The van der Waals surface area contributed by atoms with Gasteiger partial charge in [0.1, 0.15) is 0 Å². The van der Waals surface area contributed by atoms with Crippen LogP contribution in [0.5, 0.6) is 0 Å². The van der Waals surface area contributed by atoms with Gasteiger partial charge < -0.3 is 16.8 Å². The third kappa shape index (κ3) is 4.55. The fourth-order valence-electron chi connectivity index (χ4n) is 1.84. The molecule has 0 atom stereocenters. The van der Waals surface area contributed by atoms with Gasteiger partial charge in [-0.3, -0.25) is 4.79 Å². The molecule has 0 aliphatic carbocycles. The number of nitrogens with one attached hydrogen (secondary N) is 1. The van der Waals surface area contributed by atoms with Crippen LogP contribution in [0.4, 0.5) is 5.69 Å². The zero-order valence-electron chi connectivity index (χ0n) is 11.7. The van der Waals surface area contributed by atoms with Crippen molar-refractivity contribution in [2.75, 3.05) is 11.9 Å². The van der Waals surface area contributed by atoms with E-state index in [1.165, 1.54) is 0 Å². The Labute approximate surface area is 134 Å². The molecule has 1 aliphatic heterocycles. The second-order valence-corrected chi connectivity index (χ2v) is 6.31. The van der Waals surface area contributed by atoms with Gasteiger partial charge in [0.15, 0.2) is 0 Å². The molecule has 0 saturated heterocycles. The Kier molecular flexibility index (Phi) is 6.10. The van der Waals surface area contributed by atoms with E-state index in [9.17, 15) is 13.2 Å². The highest BCUT2D eigenvalue weighted by Crippen LogP contribution is 2.17. The number of sulfone groups is 1. The molecule has 120 valence electrons. The number of rotatable bonds is 5. The molecule has 1 heterocycles. The number of benzene rings is 1. The van der Waals surface area contributed by atoms with Gasteiger partial charge in [-0.1, -0.05) is 12.1 Å². The summed E-state index contributed by atoms with van der Waals surface area (Å²) in [5.41, 5.74) is 12.5. The number of halogens is 1. The summed E-state index contributed by atoms with van der Waals surface area (Å²) in [6, 6.07) is 7.27. The van der Waals surface area contributed by atoms with E-state index in [0.29, 0.717) is 12.2 Å². The molecule has 2 rings (SSSR count). The summed E-state index contributed by atoms with van der Waals surface area (Å²) in [6.45, 7) is 0.563. The predicted molar refractivity (Wildman–Crippen MR) is 88.3 cm³/mol. The van der Waals surface area contributed by atoms with Gasteiger partial charge in [0.25, 0.3) is 0 Å². The van der Waals surface area contributed by atoms with E-state index in [-0.39, 0.29) is 30.4 Å². The third-order valence-corrected chi connectivity index (χ3v) is 4.11. The lowest BCUT2D eigenvalue weighted by atomic mass is 10.1. The van der Waals surface area contributed by atoms with E-state index in [1.54, 1.807) is 12.1 Å². The Morgan fingerprint density at radius 2 is 1.86 bits per heavy atom. The molecule has 22 heavy (non-hydrogen) atoms. The lowest BCUT2D eigenvalue weighted by Crippen LogP contribution is -2.18. The van der Waals surface area contributed by atoms with Crippen LogP contribution >= 0.6 is 12.4 Å². The second kappa shape index (κ2) is 7.39. The molecule has 7 nitrogen and oxygen atoms in total. The van der Waals surface area contributed by atoms with Gasteiger partial charge in [-0.15, -0.1) is 12.4 Å². The molecule has 1 aromatic carbocycles. The number of amides is 1. The van der Waals surface area contributed by atoms with Crippen LogP contribution in [0.3, 0.4) is 0 Å². The van der Waals surface area contributed by atoms with Gasteiger partial charge in [0.2, 0.25) is 20.9 Å². The Balaban J connectivity index is 0.00000242. The first-order chi connectivity index (χ1) is 9.90. The Bertz CT molecular complexity index is 711. The highest BCUT2D eigenvalue weighted by atomic mass is 35.5. The molecule has 0 aromatic heterocycles. The Morgan fingerprint density at radius 1 is 1.23 bits per heavy atom. The SMILES string of the molecule is Cl.NCCc1ccc(NC(=O)CC2=CS(=O)(=O)C(N)=N2)cc1. The normalized spacial score (nSPS) is 15.5.